The summed E-state index contributed by atoms with van der Waals surface area (Å²) >= 11 is 0. The van der Waals surface area contributed by atoms with E-state index in [1.165, 1.54) is 57.8 Å². The molecule has 1 spiro atoms. The summed E-state index contributed by atoms with van der Waals surface area (Å²) in [6.45, 7) is 9.58. The van der Waals surface area contributed by atoms with Crippen LogP contribution in [0.15, 0.2) is 0 Å². The first-order chi connectivity index (χ1) is 12.7. The number of hydrogen-bond acceptors (Lipinski definition) is 3. The summed E-state index contributed by atoms with van der Waals surface area (Å²) in [5.74, 6) is 2.73. The number of ether oxygens (including phenoxy) is 2. The van der Waals surface area contributed by atoms with Gasteiger partial charge in [0.1, 0.15) is 0 Å². The lowest BCUT2D eigenvalue weighted by Crippen LogP contribution is -2.74. The van der Waals surface area contributed by atoms with E-state index in [9.17, 15) is 4.79 Å². The fraction of sp³-hybridized carbons (Fsp3) is 0.958. The average Bonchev–Trinajstić information content (AvgIpc) is 2.97. The van der Waals surface area contributed by atoms with Gasteiger partial charge in [-0.15, -0.1) is 0 Å². The second-order valence-electron chi connectivity index (χ2n) is 11.6. The number of carbonyl (C=O) groups is 1. The zero-order valence-electron chi connectivity index (χ0n) is 18.0. The lowest BCUT2D eigenvalue weighted by atomic mass is 9.39. The summed E-state index contributed by atoms with van der Waals surface area (Å²) in [4.78, 5) is 12.3. The molecule has 0 aromatic rings. The highest BCUT2D eigenvalue weighted by molar-refractivity contribution is 5.72. The summed E-state index contributed by atoms with van der Waals surface area (Å²) < 4.78 is 12.3. The molecule has 0 aromatic carbocycles. The SMILES string of the molecule is COC(=O)[C@@H](C)[C@H]1CCC2C3CC[C@@H]4C[C@]5(C)CC[C@]4(C)[C@]3(CC[C@@]21C)O5. The van der Waals surface area contributed by atoms with Crippen molar-refractivity contribution in [2.24, 2.45) is 40.4 Å². The van der Waals surface area contributed by atoms with Gasteiger partial charge in [-0.25, -0.2) is 0 Å². The third-order valence-electron chi connectivity index (χ3n) is 10.8. The lowest BCUT2D eigenvalue weighted by molar-refractivity contribution is -0.360. The topological polar surface area (TPSA) is 35.5 Å². The Morgan fingerprint density at radius 1 is 1.00 bits per heavy atom. The smallest absolute Gasteiger partial charge is 0.308 e. The molecule has 9 atom stereocenters. The van der Waals surface area contributed by atoms with Crippen molar-refractivity contribution < 1.29 is 14.3 Å². The maximum atomic E-state index is 12.3. The van der Waals surface area contributed by atoms with Gasteiger partial charge in [0.2, 0.25) is 0 Å². The Balaban J connectivity index is 1.51. The molecule has 152 valence electrons. The first kappa shape index (κ1) is 18.5. The van der Waals surface area contributed by atoms with Crippen LogP contribution in [0.2, 0.25) is 0 Å². The van der Waals surface area contributed by atoms with Crippen LogP contribution in [-0.4, -0.2) is 24.3 Å². The molecule has 4 aliphatic carbocycles. The van der Waals surface area contributed by atoms with Crippen molar-refractivity contribution in [3.8, 4) is 0 Å². The van der Waals surface area contributed by atoms with Crippen LogP contribution in [0.3, 0.4) is 0 Å². The van der Waals surface area contributed by atoms with Crippen molar-refractivity contribution in [3.05, 3.63) is 0 Å². The number of methoxy groups -OCH3 is 1. The number of fused-ring (bicyclic) bond motifs is 3. The second kappa shape index (κ2) is 5.52. The number of rotatable bonds is 2. The maximum absolute atomic E-state index is 12.3. The van der Waals surface area contributed by atoms with Crippen LogP contribution in [0.5, 0.6) is 0 Å². The Labute approximate surface area is 164 Å². The highest BCUT2D eigenvalue weighted by Crippen LogP contribution is 2.74. The van der Waals surface area contributed by atoms with E-state index >= 15 is 0 Å². The fourth-order valence-corrected chi connectivity index (χ4v) is 9.32. The average molecular weight is 375 g/mol. The van der Waals surface area contributed by atoms with Gasteiger partial charge < -0.3 is 9.47 Å². The standard InChI is InChI=1S/C24H38O3/c1-15(20(25)26-5)17-8-9-18-19-7-6-16-14-21(2)10-12-23(16,4)24(19,27-21)13-11-22(17,18)3/h15-19H,6-14H2,1-5H3/t15-,16+,17+,18?,19?,21-,22+,23-,24+/m0/s1. The molecule has 2 saturated heterocycles. The molecule has 0 radical (unpaired) electrons. The van der Waals surface area contributed by atoms with Gasteiger partial charge in [-0.05, 0) is 99.2 Å². The van der Waals surface area contributed by atoms with Crippen LogP contribution in [0, 0.1) is 40.4 Å². The number of carbonyl (C=O) groups excluding carboxylic acids is 1. The molecule has 2 aliphatic heterocycles. The Kier molecular flexibility index (Phi) is 3.77. The van der Waals surface area contributed by atoms with Crippen molar-refractivity contribution in [1.29, 1.82) is 0 Å². The molecule has 0 aromatic heterocycles. The van der Waals surface area contributed by atoms with Crippen LogP contribution < -0.4 is 0 Å². The molecular formula is C24H38O3. The lowest BCUT2D eigenvalue weighted by Gasteiger charge is -2.74. The molecule has 6 rings (SSSR count). The minimum absolute atomic E-state index is 0.0154. The van der Waals surface area contributed by atoms with Crippen molar-refractivity contribution in [2.75, 3.05) is 7.11 Å². The van der Waals surface area contributed by atoms with Crippen molar-refractivity contribution in [1.82, 2.24) is 0 Å². The van der Waals surface area contributed by atoms with Crippen LogP contribution in [0.1, 0.15) is 85.5 Å². The zero-order chi connectivity index (χ0) is 19.2. The van der Waals surface area contributed by atoms with Gasteiger partial charge in [-0.3, -0.25) is 4.79 Å². The van der Waals surface area contributed by atoms with E-state index in [-0.39, 0.29) is 28.5 Å². The maximum Gasteiger partial charge on any atom is 0.308 e. The second-order valence-corrected chi connectivity index (χ2v) is 11.6. The predicted octanol–water partition coefficient (Wildman–Crippen LogP) is 5.37. The van der Waals surface area contributed by atoms with Gasteiger partial charge in [-0.1, -0.05) is 20.8 Å². The summed E-state index contributed by atoms with van der Waals surface area (Å²) in [5, 5.41) is 0. The summed E-state index contributed by atoms with van der Waals surface area (Å²) in [7, 11) is 1.54. The van der Waals surface area contributed by atoms with Gasteiger partial charge in [0.05, 0.1) is 24.2 Å². The minimum Gasteiger partial charge on any atom is -0.469 e. The number of hydrogen-bond donors (Lipinski definition) is 0. The third-order valence-corrected chi connectivity index (χ3v) is 10.8. The van der Waals surface area contributed by atoms with E-state index in [4.69, 9.17) is 9.47 Å². The number of esters is 1. The molecule has 0 N–H and O–H groups in total. The van der Waals surface area contributed by atoms with Crippen LogP contribution in [-0.2, 0) is 14.3 Å². The monoisotopic (exact) mass is 374 g/mol. The summed E-state index contributed by atoms with van der Waals surface area (Å²) in [5.41, 5.74) is 0.871. The first-order valence-electron chi connectivity index (χ1n) is 11.5. The fourth-order valence-electron chi connectivity index (χ4n) is 9.32. The van der Waals surface area contributed by atoms with Crippen LogP contribution in [0.4, 0.5) is 0 Å². The van der Waals surface area contributed by atoms with Crippen LogP contribution >= 0.6 is 0 Å². The largest absolute Gasteiger partial charge is 0.469 e. The van der Waals surface area contributed by atoms with Crippen molar-refractivity contribution >= 4 is 5.97 Å². The molecule has 4 bridgehead atoms. The van der Waals surface area contributed by atoms with E-state index in [1.807, 2.05) is 0 Å². The molecule has 3 heteroatoms. The van der Waals surface area contributed by atoms with Crippen LogP contribution in [0.25, 0.3) is 0 Å². The van der Waals surface area contributed by atoms with E-state index in [0.717, 1.165) is 5.92 Å². The molecule has 2 heterocycles. The van der Waals surface area contributed by atoms with Gasteiger partial charge in [0.15, 0.2) is 0 Å². The van der Waals surface area contributed by atoms with E-state index in [1.54, 1.807) is 7.11 Å². The first-order valence-corrected chi connectivity index (χ1v) is 11.5. The van der Waals surface area contributed by atoms with Gasteiger partial charge in [-0.2, -0.15) is 0 Å². The summed E-state index contributed by atoms with van der Waals surface area (Å²) in [6, 6.07) is 0. The Morgan fingerprint density at radius 2 is 1.74 bits per heavy atom. The van der Waals surface area contributed by atoms with Gasteiger partial charge in [0.25, 0.3) is 0 Å². The predicted molar refractivity (Wildman–Crippen MR) is 105 cm³/mol. The Hall–Kier alpha value is -0.570. The molecular weight excluding hydrogens is 336 g/mol. The van der Waals surface area contributed by atoms with E-state index in [2.05, 4.69) is 27.7 Å². The summed E-state index contributed by atoms with van der Waals surface area (Å²) in [6.07, 6.45) is 11.5. The molecule has 6 aliphatic rings. The quantitative estimate of drug-likeness (QED) is 0.610. The van der Waals surface area contributed by atoms with E-state index in [0.29, 0.717) is 23.2 Å². The molecule has 6 fully saturated rings. The zero-order valence-corrected chi connectivity index (χ0v) is 18.0. The molecule has 4 saturated carbocycles. The van der Waals surface area contributed by atoms with Gasteiger partial charge in [0, 0.05) is 0 Å². The molecule has 2 unspecified atom stereocenters. The third kappa shape index (κ3) is 2.11. The molecule has 3 nitrogen and oxygen atoms in total. The highest BCUT2D eigenvalue weighted by atomic mass is 16.5. The normalized spacial score (nSPS) is 56.9. The van der Waals surface area contributed by atoms with Crippen molar-refractivity contribution in [2.45, 2.75) is 96.7 Å². The van der Waals surface area contributed by atoms with Gasteiger partial charge >= 0.3 is 5.97 Å². The Bertz CT molecular complexity index is 660. The highest BCUT2D eigenvalue weighted by Gasteiger charge is 2.73. The minimum atomic E-state index is -0.0154. The van der Waals surface area contributed by atoms with E-state index < -0.39 is 0 Å². The van der Waals surface area contributed by atoms with Crippen molar-refractivity contribution in [3.63, 3.8) is 0 Å². The Morgan fingerprint density at radius 3 is 2.48 bits per heavy atom. The molecule has 0 amide bonds. The molecule has 27 heavy (non-hydrogen) atoms.